The van der Waals surface area contributed by atoms with Crippen LogP contribution >= 0.6 is 11.6 Å². The van der Waals surface area contributed by atoms with Gasteiger partial charge in [-0.25, -0.2) is 4.79 Å². The first kappa shape index (κ1) is 15.9. The summed E-state index contributed by atoms with van der Waals surface area (Å²) >= 11 is 6.33. The van der Waals surface area contributed by atoms with Crippen molar-refractivity contribution in [1.82, 2.24) is 4.90 Å². The summed E-state index contributed by atoms with van der Waals surface area (Å²) in [5.41, 5.74) is 0.861. The Hall–Kier alpha value is -1.50. The van der Waals surface area contributed by atoms with E-state index in [4.69, 9.17) is 30.9 Å². The minimum Gasteiger partial charge on any atom is -0.493 e. The van der Waals surface area contributed by atoms with Crippen molar-refractivity contribution >= 4 is 17.6 Å². The molecular formula is C14H18ClNO5. The Bertz CT molecular complexity index is 522. The van der Waals surface area contributed by atoms with Crippen LogP contribution < -0.4 is 9.47 Å². The molecule has 6 nitrogen and oxygen atoms in total. The third-order valence-corrected chi connectivity index (χ3v) is 3.80. The van der Waals surface area contributed by atoms with Crippen LogP contribution in [0.5, 0.6) is 11.5 Å². The zero-order chi connectivity index (χ0) is 15.4. The zero-order valence-electron chi connectivity index (χ0n) is 12.0. The highest BCUT2D eigenvalue weighted by molar-refractivity contribution is 6.33. The second-order valence-electron chi connectivity index (χ2n) is 4.71. The van der Waals surface area contributed by atoms with Gasteiger partial charge in [0.1, 0.15) is 0 Å². The van der Waals surface area contributed by atoms with E-state index >= 15 is 0 Å². The molecule has 1 aromatic carbocycles. The molecule has 0 bridgehead atoms. The first-order chi connectivity index (χ1) is 10.1. The maximum absolute atomic E-state index is 11.0. The molecular weight excluding hydrogens is 298 g/mol. The van der Waals surface area contributed by atoms with E-state index in [-0.39, 0.29) is 0 Å². The van der Waals surface area contributed by atoms with Crippen LogP contribution in [0.2, 0.25) is 5.02 Å². The number of aliphatic carboxylic acids is 1. The van der Waals surface area contributed by atoms with Gasteiger partial charge in [-0.05, 0) is 11.6 Å². The maximum atomic E-state index is 11.0. The van der Waals surface area contributed by atoms with Crippen molar-refractivity contribution in [2.75, 3.05) is 33.9 Å². The molecule has 0 saturated carbocycles. The number of hydrogen-bond acceptors (Lipinski definition) is 5. The highest BCUT2D eigenvalue weighted by Crippen LogP contribution is 2.37. The minimum atomic E-state index is -0.946. The van der Waals surface area contributed by atoms with Gasteiger partial charge in [-0.2, -0.15) is 0 Å². The molecule has 1 atom stereocenters. The van der Waals surface area contributed by atoms with E-state index in [2.05, 4.69) is 0 Å². The summed E-state index contributed by atoms with van der Waals surface area (Å²) in [6, 6.07) is 3.64. The van der Waals surface area contributed by atoms with E-state index in [1.54, 1.807) is 13.2 Å². The molecule has 7 heteroatoms. The molecule has 21 heavy (non-hydrogen) atoms. The third kappa shape index (κ3) is 3.58. The van der Waals surface area contributed by atoms with Crippen molar-refractivity contribution in [3.8, 4) is 11.5 Å². The summed E-state index contributed by atoms with van der Waals surface area (Å²) in [5, 5.41) is 9.49. The number of carbonyl (C=O) groups is 1. The van der Waals surface area contributed by atoms with Gasteiger partial charge in [0.05, 0.1) is 25.8 Å². The molecule has 1 unspecified atom stereocenters. The van der Waals surface area contributed by atoms with E-state index in [0.717, 1.165) is 5.56 Å². The second kappa shape index (κ2) is 6.98. The normalized spacial score (nSPS) is 19.3. The van der Waals surface area contributed by atoms with Crippen LogP contribution in [0.15, 0.2) is 12.1 Å². The fourth-order valence-corrected chi connectivity index (χ4v) is 2.58. The first-order valence-corrected chi connectivity index (χ1v) is 6.90. The van der Waals surface area contributed by atoms with Gasteiger partial charge in [0.25, 0.3) is 0 Å². The van der Waals surface area contributed by atoms with Crippen molar-refractivity contribution in [3.05, 3.63) is 22.7 Å². The van der Waals surface area contributed by atoms with Gasteiger partial charge >= 0.3 is 5.97 Å². The molecule has 1 fully saturated rings. The molecule has 0 spiro atoms. The Morgan fingerprint density at radius 3 is 2.86 bits per heavy atom. The largest absolute Gasteiger partial charge is 0.493 e. The van der Waals surface area contributed by atoms with Crippen LogP contribution in [0, 0.1) is 0 Å². The Morgan fingerprint density at radius 1 is 1.48 bits per heavy atom. The van der Waals surface area contributed by atoms with Crippen LogP contribution in [-0.2, 0) is 16.1 Å². The molecule has 1 aliphatic heterocycles. The molecule has 116 valence electrons. The summed E-state index contributed by atoms with van der Waals surface area (Å²) in [6.07, 6.45) is -0.794. The average molecular weight is 316 g/mol. The van der Waals surface area contributed by atoms with Crippen LogP contribution in [0.1, 0.15) is 5.56 Å². The van der Waals surface area contributed by atoms with E-state index in [1.165, 1.54) is 7.11 Å². The van der Waals surface area contributed by atoms with Crippen molar-refractivity contribution in [3.63, 3.8) is 0 Å². The van der Waals surface area contributed by atoms with E-state index in [0.29, 0.717) is 42.8 Å². The second-order valence-corrected chi connectivity index (χ2v) is 5.08. The Morgan fingerprint density at radius 2 is 2.24 bits per heavy atom. The molecule has 0 aromatic heterocycles. The lowest BCUT2D eigenvalue weighted by molar-refractivity contribution is -0.156. The van der Waals surface area contributed by atoms with Gasteiger partial charge in [-0.3, -0.25) is 4.90 Å². The SMILES string of the molecule is COc1ccc(CN2CCOC(C(=O)O)C2)c(Cl)c1OC. The van der Waals surface area contributed by atoms with Crippen LogP contribution in [0.4, 0.5) is 0 Å². The topological polar surface area (TPSA) is 68.2 Å². The summed E-state index contributed by atoms with van der Waals surface area (Å²) < 4.78 is 15.7. The predicted molar refractivity (Wildman–Crippen MR) is 77.2 cm³/mol. The van der Waals surface area contributed by atoms with Crippen molar-refractivity contribution in [2.24, 2.45) is 0 Å². The number of carboxylic acids is 1. The number of rotatable bonds is 5. The number of hydrogen-bond donors (Lipinski definition) is 1. The molecule has 0 aliphatic carbocycles. The Kier molecular flexibility index (Phi) is 5.27. The number of halogens is 1. The number of ether oxygens (including phenoxy) is 3. The molecule has 0 radical (unpaired) electrons. The highest BCUT2D eigenvalue weighted by atomic mass is 35.5. The predicted octanol–water partition coefficient (Wildman–Crippen LogP) is 1.64. The van der Waals surface area contributed by atoms with Crippen LogP contribution in [0.25, 0.3) is 0 Å². The van der Waals surface area contributed by atoms with E-state index < -0.39 is 12.1 Å². The van der Waals surface area contributed by atoms with Crippen LogP contribution in [-0.4, -0.2) is 56.0 Å². The standard InChI is InChI=1S/C14H18ClNO5/c1-19-10-4-3-9(12(15)13(10)20-2)7-16-5-6-21-11(8-16)14(17)18/h3-4,11H,5-8H2,1-2H3,(H,17,18). The van der Waals surface area contributed by atoms with Gasteiger partial charge in [-0.1, -0.05) is 17.7 Å². The number of nitrogens with zero attached hydrogens (tertiary/aromatic N) is 1. The number of morpholine rings is 1. The van der Waals surface area contributed by atoms with Gasteiger partial charge < -0.3 is 19.3 Å². The minimum absolute atomic E-state index is 0.333. The lowest BCUT2D eigenvalue weighted by atomic mass is 10.1. The van der Waals surface area contributed by atoms with E-state index in [1.807, 2.05) is 11.0 Å². The number of methoxy groups -OCH3 is 2. The monoisotopic (exact) mass is 315 g/mol. The average Bonchev–Trinajstić information content (AvgIpc) is 2.49. The molecule has 1 N–H and O–H groups in total. The molecule has 0 amide bonds. The van der Waals surface area contributed by atoms with Crippen LogP contribution in [0.3, 0.4) is 0 Å². The highest BCUT2D eigenvalue weighted by Gasteiger charge is 2.27. The Balaban J connectivity index is 2.14. The van der Waals surface area contributed by atoms with Gasteiger partial charge in [0.15, 0.2) is 17.6 Å². The summed E-state index contributed by atoms with van der Waals surface area (Å²) in [4.78, 5) is 13.0. The maximum Gasteiger partial charge on any atom is 0.334 e. The lowest BCUT2D eigenvalue weighted by Gasteiger charge is -2.31. The van der Waals surface area contributed by atoms with Crippen molar-refractivity contribution in [1.29, 1.82) is 0 Å². The lowest BCUT2D eigenvalue weighted by Crippen LogP contribution is -2.45. The first-order valence-electron chi connectivity index (χ1n) is 6.53. The van der Waals surface area contributed by atoms with Gasteiger partial charge in [0.2, 0.25) is 0 Å². The summed E-state index contributed by atoms with van der Waals surface area (Å²) in [7, 11) is 3.08. The summed E-state index contributed by atoms with van der Waals surface area (Å²) in [6.45, 7) is 1.92. The quantitative estimate of drug-likeness (QED) is 0.891. The number of benzene rings is 1. The molecule has 1 saturated heterocycles. The fraction of sp³-hybridized carbons (Fsp3) is 0.500. The fourth-order valence-electron chi connectivity index (χ4n) is 2.29. The third-order valence-electron chi connectivity index (χ3n) is 3.38. The molecule has 1 heterocycles. The summed E-state index contributed by atoms with van der Waals surface area (Å²) in [5.74, 6) is 0.106. The smallest absolute Gasteiger partial charge is 0.334 e. The molecule has 1 aromatic rings. The number of carboxylic acid groups (broad SMARTS) is 1. The van der Waals surface area contributed by atoms with Crippen molar-refractivity contribution < 1.29 is 24.1 Å². The van der Waals surface area contributed by atoms with E-state index in [9.17, 15) is 4.79 Å². The molecule has 2 rings (SSSR count). The molecule has 1 aliphatic rings. The Labute approximate surface area is 128 Å². The van der Waals surface area contributed by atoms with Gasteiger partial charge in [-0.15, -0.1) is 0 Å². The zero-order valence-corrected chi connectivity index (χ0v) is 12.7. The van der Waals surface area contributed by atoms with Crippen molar-refractivity contribution in [2.45, 2.75) is 12.6 Å². The van der Waals surface area contributed by atoms with Gasteiger partial charge in [0, 0.05) is 19.6 Å².